The van der Waals surface area contributed by atoms with Gasteiger partial charge in [-0.2, -0.15) is 5.21 Å². The molecule has 2 heterocycles. The number of fused-ring (bicyclic) bond motifs is 1. The third kappa shape index (κ3) is 3.55. The zero-order valence-electron chi connectivity index (χ0n) is 15.0. The van der Waals surface area contributed by atoms with E-state index in [1.165, 1.54) is 11.8 Å². The molecule has 0 aliphatic rings. The number of nitrogens with two attached hydrogens (primary N) is 3. The summed E-state index contributed by atoms with van der Waals surface area (Å²) in [6.07, 6.45) is 0. The standard InChI is InChI=1S/C16H17N9O2S2/c17-6-7-28-11-5-4-8(9-2-1-3-10-13(9)21-16(18)20-10)12(14(11)29(19,26)27)15-22-24-25-23-15/h1-5H,6-7,17H2,(H3,18,20,21)(H2,19,26,27)(H,22,23,24,25). The van der Waals surface area contributed by atoms with Crippen LogP contribution >= 0.6 is 11.8 Å². The van der Waals surface area contributed by atoms with Gasteiger partial charge in [-0.25, -0.2) is 18.5 Å². The fraction of sp³-hybridized carbons (Fsp3) is 0.125. The molecule has 29 heavy (non-hydrogen) atoms. The quantitative estimate of drug-likeness (QED) is 0.273. The Kier molecular flexibility index (Phi) is 4.96. The highest BCUT2D eigenvalue weighted by atomic mass is 32.2. The Morgan fingerprint density at radius 2 is 1.97 bits per heavy atom. The third-order valence-corrected chi connectivity index (χ3v) is 6.38. The number of rotatable bonds is 6. The van der Waals surface area contributed by atoms with Crippen molar-refractivity contribution in [1.82, 2.24) is 30.6 Å². The molecule has 0 radical (unpaired) electrons. The van der Waals surface area contributed by atoms with Crippen LogP contribution in [-0.4, -0.2) is 51.3 Å². The molecule has 4 aromatic rings. The lowest BCUT2D eigenvalue weighted by atomic mass is 9.98. The minimum Gasteiger partial charge on any atom is -0.369 e. The van der Waals surface area contributed by atoms with Crippen LogP contribution in [0.2, 0.25) is 0 Å². The lowest BCUT2D eigenvalue weighted by Crippen LogP contribution is -2.16. The van der Waals surface area contributed by atoms with Gasteiger partial charge in [-0.1, -0.05) is 18.2 Å². The highest BCUT2D eigenvalue weighted by molar-refractivity contribution is 8.00. The van der Waals surface area contributed by atoms with Crippen molar-refractivity contribution < 1.29 is 8.42 Å². The summed E-state index contributed by atoms with van der Waals surface area (Å²) in [7, 11) is -4.14. The largest absolute Gasteiger partial charge is 0.369 e. The first-order valence-corrected chi connectivity index (χ1v) is 10.9. The van der Waals surface area contributed by atoms with E-state index in [-0.39, 0.29) is 22.2 Å². The summed E-state index contributed by atoms with van der Waals surface area (Å²) in [6, 6.07) is 8.90. The summed E-state index contributed by atoms with van der Waals surface area (Å²) < 4.78 is 25.2. The smallest absolute Gasteiger partial charge is 0.239 e. The molecular weight excluding hydrogens is 414 g/mol. The number of H-pyrrole nitrogens is 2. The lowest BCUT2D eigenvalue weighted by Gasteiger charge is -2.15. The Bertz CT molecular complexity index is 1280. The van der Waals surface area contributed by atoms with E-state index in [0.29, 0.717) is 39.4 Å². The number of aromatic amines is 2. The van der Waals surface area contributed by atoms with Gasteiger partial charge in [0.15, 0.2) is 5.95 Å². The molecule has 2 aromatic heterocycles. The fourth-order valence-electron chi connectivity index (χ4n) is 3.11. The highest BCUT2D eigenvalue weighted by Gasteiger charge is 2.27. The molecule has 13 heteroatoms. The van der Waals surface area contributed by atoms with E-state index in [1.807, 2.05) is 12.1 Å². The number of tetrazole rings is 1. The molecule has 0 saturated carbocycles. The molecule has 8 N–H and O–H groups in total. The Hall–Kier alpha value is -3.00. The first-order chi connectivity index (χ1) is 13.9. The number of thioether (sulfide) groups is 1. The predicted octanol–water partition coefficient (Wildman–Crippen LogP) is 0.690. The number of imidazole rings is 1. The van der Waals surface area contributed by atoms with E-state index in [9.17, 15) is 8.42 Å². The number of para-hydroxylation sites is 1. The second-order valence-electron chi connectivity index (χ2n) is 6.06. The molecule has 0 unspecified atom stereocenters. The number of sulfonamides is 1. The Labute approximate surface area is 169 Å². The molecule has 0 bridgehead atoms. The SMILES string of the molecule is NCCSc1ccc(-c2cccc3[nH]c(N)nc23)c(-c2nn[nH]n2)c1S(N)(=O)=O. The van der Waals surface area contributed by atoms with Gasteiger partial charge in [0.1, 0.15) is 4.90 Å². The maximum Gasteiger partial charge on any atom is 0.239 e. The van der Waals surface area contributed by atoms with Gasteiger partial charge in [-0.15, -0.1) is 22.0 Å². The van der Waals surface area contributed by atoms with Crippen LogP contribution in [0.5, 0.6) is 0 Å². The molecule has 0 spiro atoms. The van der Waals surface area contributed by atoms with Crippen LogP contribution in [-0.2, 0) is 10.0 Å². The van der Waals surface area contributed by atoms with E-state index in [0.717, 1.165) is 0 Å². The molecule has 2 aromatic carbocycles. The highest BCUT2D eigenvalue weighted by Crippen LogP contribution is 2.42. The average Bonchev–Trinajstić information content (AvgIpc) is 3.33. The van der Waals surface area contributed by atoms with E-state index in [1.54, 1.807) is 18.2 Å². The number of benzene rings is 2. The van der Waals surface area contributed by atoms with Gasteiger partial charge in [0.2, 0.25) is 15.8 Å². The number of hydrogen-bond donors (Lipinski definition) is 5. The van der Waals surface area contributed by atoms with Crippen LogP contribution in [0.3, 0.4) is 0 Å². The number of primary sulfonamides is 1. The second-order valence-corrected chi connectivity index (χ2v) is 8.69. The first kappa shape index (κ1) is 19.3. The molecule has 4 rings (SSSR count). The maximum absolute atomic E-state index is 12.6. The first-order valence-electron chi connectivity index (χ1n) is 8.41. The normalized spacial score (nSPS) is 11.9. The topological polar surface area (TPSA) is 195 Å². The van der Waals surface area contributed by atoms with Gasteiger partial charge in [0.25, 0.3) is 0 Å². The average molecular weight is 432 g/mol. The Morgan fingerprint density at radius 1 is 1.14 bits per heavy atom. The van der Waals surface area contributed by atoms with Gasteiger partial charge in [-0.3, -0.25) is 0 Å². The van der Waals surface area contributed by atoms with Crippen molar-refractivity contribution in [1.29, 1.82) is 0 Å². The third-order valence-electron chi connectivity index (χ3n) is 4.17. The summed E-state index contributed by atoms with van der Waals surface area (Å²) in [5.74, 6) is 0.856. The monoisotopic (exact) mass is 431 g/mol. The van der Waals surface area contributed by atoms with Gasteiger partial charge in [-0.05, 0) is 22.9 Å². The summed E-state index contributed by atoms with van der Waals surface area (Å²) in [4.78, 5) is 7.66. The Morgan fingerprint density at radius 3 is 2.66 bits per heavy atom. The van der Waals surface area contributed by atoms with E-state index < -0.39 is 10.0 Å². The van der Waals surface area contributed by atoms with Crippen molar-refractivity contribution in [2.24, 2.45) is 10.9 Å². The van der Waals surface area contributed by atoms with Crippen LogP contribution in [0.25, 0.3) is 33.5 Å². The van der Waals surface area contributed by atoms with Gasteiger partial charge >= 0.3 is 0 Å². The molecular formula is C16H17N9O2S2. The van der Waals surface area contributed by atoms with Gasteiger partial charge < -0.3 is 16.5 Å². The summed E-state index contributed by atoms with van der Waals surface area (Å²) >= 11 is 1.28. The molecule has 0 fully saturated rings. The van der Waals surface area contributed by atoms with Crippen molar-refractivity contribution in [3.05, 3.63) is 30.3 Å². The van der Waals surface area contributed by atoms with E-state index in [4.69, 9.17) is 16.6 Å². The minimum atomic E-state index is -4.14. The zero-order valence-corrected chi connectivity index (χ0v) is 16.6. The number of anilines is 1. The van der Waals surface area contributed by atoms with Crippen LogP contribution in [0, 0.1) is 0 Å². The van der Waals surface area contributed by atoms with Gasteiger partial charge in [0.05, 0.1) is 16.6 Å². The number of hydrogen-bond acceptors (Lipinski definition) is 9. The summed E-state index contributed by atoms with van der Waals surface area (Å²) in [5, 5.41) is 19.5. The molecule has 11 nitrogen and oxygen atoms in total. The van der Waals surface area contributed by atoms with Crippen LogP contribution in [0.4, 0.5) is 5.95 Å². The summed E-state index contributed by atoms with van der Waals surface area (Å²) in [5.41, 5.74) is 14.1. The van der Waals surface area contributed by atoms with E-state index in [2.05, 4.69) is 30.6 Å². The molecule has 0 aliphatic heterocycles. The lowest BCUT2D eigenvalue weighted by molar-refractivity contribution is 0.596. The van der Waals surface area contributed by atoms with Crippen LogP contribution in [0.15, 0.2) is 40.1 Å². The molecule has 0 atom stereocenters. The molecule has 0 aliphatic carbocycles. The molecule has 0 amide bonds. The minimum absolute atomic E-state index is 0.0876. The number of aromatic nitrogens is 6. The maximum atomic E-state index is 12.6. The summed E-state index contributed by atoms with van der Waals surface area (Å²) in [6.45, 7) is 0.375. The zero-order chi connectivity index (χ0) is 20.6. The fourth-order valence-corrected chi connectivity index (χ4v) is 5.21. The number of nitrogen functional groups attached to an aromatic ring is 1. The molecule has 150 valence electrons. The number of nitrogens with zero attached hydrogens (tertiary/aromatic N) is 4. The van der Waals surface area contributed by atoms with Crippen molar-refractivity contribution in [3.63, 3.8) is 0 Å². The van der Waals surface area contributed by atoms with Crippen molar-refractivity contribution in [2.75, 3.05) is 18.0 Å². The second kappa shape index (κ2) is 7.44. The van der Waals surface area contributed by atoms with Crippen molar-refractivity contribution in [3.8, 4) is 22.5 Å². The van der Waals surface area contributed by atoms with Gasteiger partial charge in [0, 0.05) is 22.8 Å². The molecule has 0 saturated heterocycles. The van der Waals surface area contributed by atoms with Crippen LogP contribution < -0.4 is 16.6 Å². The number of nitrogens with one attached hydrogen (secondary N) is 2. The van der Waals surface area contributed by atoms with Crippen molar-refractivity contribution >= 4 is 38.8 Å². The van der Waals surface area contributed by atoms with Crippen LogP contribution in [0.1, 0.15) is 0 Å². The predicted molar refractivity (Wildman–Crippen MR) is 110 cm³/mol. The van der Waals surface area contributed by atoms with Crippen molar-refractivity contribution in [2.45, 2.75) is 9.79 Å². The van der Waals surface area contributed by atoms with E-state index >= 15 is 0 Å². The Balaban J connectivity index is 2.10.